The van der Waals surface area contributed by atoms with E-state index in [2.05, 4.69) is 10.2 Å². The summed E-state index contributed by atoms with van der Waals surface area (Å²) in [6.07, 6.45) is 1.05. The lowest BCUT2D eigenvalue weighted by molar-refractivity contribution is 0.184. The summed E-state index contributed by atoms with van der Waals surface area (Å²) in [6.45, 7) is 2.37. The van der Waals surface area contributed by atoms with E-state index in [1.165, 1.54) is 5.56 Å². The van der Waals surface area contributed by atoms with Crippen molar-refractivity contribution in [3.8, 4) is 0 Å². The molecule has 1 heterocycles. The van der Waals surface area contributed by atoms with Gasteiger partial charge in [-0.1, -0.05) is 30.3 Å². The molecule has 0 spiro atoms. The second kappa shape index (κ2) is 4.23. The Morgan fingerprint density at radius 3 is 2.73 bits per heavy atom. The minimum absolute atomic E-state index is 0.587. The fraction of sp³-hybridized carbons (Fsp3) is 0.273. The van der Waals surface area contributed by atoms with Crippen molar-refractivity contribution in [2.45, 2.75) is 19.6 Å². The Kier molecular flexibility index (Phi) is 2.78. The third kappa shape index (κ3) is 2.22. The molecule has 0 aliphatic heterocycles. The molecule has 1 atom stereocenters. The second-order valence-corrected chi connectivity index (χ2v) is 3.48. The van der Waals surface area contributed by atoms with E-state index in [0.717, 1.165) is 0 Å². The lowest BCUT2D eigenvalue weighted by Gasteiger charge is -2.07. The minimum atomic E-state index is -0.587. The third-order valence-corrected chi connectivity index (χ3v) is 2.21. The maximum absolute atomic E-state index is 9.45. The van der Waals surface area contributed by atoms with Crippen molar-refractivity contribution < 1.29 is 5.11 Å². The number of aliphatic hydroxyl groups is 1. The number of aromatic nitrogens is 3. The van der Waals surface area contributed by atoms with E-state index in [1.54, 1.807) is 13.3 Å². The van der Waals surface area contributed by atoms with Crippen LogP contribution in [0.15, 0.2) is 36.7 Å². The molecule has 2 aromatic rings. The smallest absolute Gasteiger partial charge is 0.161 e. The molecule has 0 bridgehead atoms. The SMILES string of the molecule is CC(O)c1nncn1Cc1ccccc1. The van der Waals surface area contributed by atoms with Crippen LogP contribution in [0.2, 0.25) is 0 Å². The van der Waals surface area contributed by atoms with E-state index in [1.807, 2.05) is 34.9 Å². The average molecular weight is 203 g/mol. The zero-order valence-corrected chi connectivity index (χ0v) is 8.54. The molecular formula is C11H13N3O. The highest BCUT2D eigenvalue weighted by molar-refractivity contribution is 5.15. The molecule has 0 saturated carbocycles. The van der Waals surface area contributed by atoms with Crippen LogP contribution < -0.4 is 0 Å². The van der Waals surface area contributed by atoms with Crippen LogP contribution in [0.25, 0.3) is 0 Å². The Balaban J connectivity index is 2.21. The first-order valence-electron chi connectivity index (χ1n) is 4.87. The van der Waals surface area contributed by atoms with E-state index >= 15 is 0 Å². The standard InChI is InChI=1S/C11H13N3O/c1-9(15)11-13-12-8-14(11)7-10-5-3-2-4-6-10/h2-6,8-9,15H,7H2,1H3. The summed E-state index contributed by atoms with van der Waals surface area (Å²) in [5.74, 6) is 0.596. The van der Waals surface area contributed by atoms with Gasteiger partial charge in [-0.25, -0.2) is 0 Å². The van der Waals surface area contributed by atoms with Crippen molar-refractivity contribution in [2.75, 3.05) is 0 Å². The Hall–Kier alpha value is -1.68. The molecule has 1 aromatic heterocycles. The first-order chi connectivity index (χ1) is 7.27. The fourth-order valence-corrected chi connectivity index (χ4v) is 1.49. The van der Waals surface area contributed by atoms with Gasteiger partial charge in [0, 0.05) is 0 Å². The van der Waals surface area contributed by atoms with Crippen molar-refractivity contribution in [2.24, 2.45) is 0 Å². The summed E-state index contributed by atoms with van der Waals surface area (Å²) in [4.78, 5) is 0. The zero-order chi connectivity index (χ0) is 10.7. The average Bonchev–Trinajstić information content (AvgIpc) is 2.67. The van der Waals surface area contributed by atoms with Gasteiger partial charge in [0.25, 0.3) is 0 Å². The second-order valence-electron chi connectivity index (χ2n) is 3.48. The van der Waals surface area contributed by atoms with E-state index in [4.69, 9.17) is 0 Å². The third-order valence-electron chi connectivity index (χ3n) is 2.21. The van der Waals surface area contributed by atoms with Crippen LogP contribution in [0.3, 0.4) is 0 Å². The lowest BCUT2D eigenvalue weighted by atomic mass is 10.2. The number of benzene rings is 1. The van der Waals surface area contributed by atoms with Gasteiger partial charge in [-0.2, -0.15) is 0 Å². The maximum atomic E-state index is 9.45. The van der Waals surface area contributed by atoms with E-state index in [-0.39, 0.29) is 0 Å². The van der Waals surface area contributed by atoms with E-state index < -0.39 is 6.10 Å². The Labute approximate surface area is 88.2 Å². The van der Waals surface area contributed by atoms with Gasteiger partial charge in [0.2, 0.25) is 0 Å². The monoisotopic (exact) mass is 203 g/mol. The summed E-state index contributed by atoms with van der Waals surface area (Å²) in [7, 11) is 0. The Morgan fingerprint density at radius 2 is 2.07 bits per heavy atom. The fourth-order valence-electron chi connectivity index (χ4n) is 1.49. The molecule has 0 aliphatic rings. The van der Waals surface area contributed by atoms with Gasteiger partial charge in [0.15, 0.2) is 5.82 Å². The zero-order valence-electron chi connectivity index (χ0n) is 8.54. The number of nitrogens with zero attached hydrogens (tertiary/aromatic N) is 3. The first-order valence-corrected chi connectivity index (χ1v) is 4.87. The molecular weight excluding hydrogens is 190 g/mol. The van der Waals surface area contributed by atoms with Crippen molar-refractivity contribution in [1.29, 1.82) is 0 Å². The molecule has 4 nitrogen and oxygen atoms in total. The number of rotatable bonds is 3. The topological polar surface area (TPSA) is 50.9 Å². The summed E-state index contributed by atoms with van der Waals surface area (Å²) >= 11 is 0. The van der Waals surface area contributed by atoms with Crippen molar-refractivity contribution in [3.63, 3.8) is 0 Å². The molecule has 0 amide bonds. The van der Waals surface area contributed by atoms with Gasteiger partial charge in [0.05, 0.1) is 6.54 Å². The van der Waals surface area contributed by atoms with Crippen molar-refractivity contribution in [1.82, 2.24) is 14.8 Å². The van der Waals surface area contributed by atoms with E-state index in [0.29, 0.717) is 12.4 Å². The summed E-state index contributed by atoms with van der Waals surface area (Å²) in [6, 6.07) is 10.0. The van der Waals surface area contributed by atoms with Gasteiger partial charge in [-0.3, -0.25) is 0 Å². The quantitative estimate of drug-likeness (QED) is 0.819. The molecule has 1 N–H and O–H groups in total. The molecule has 1 aromatic carbocycles. The van der Waals surface area contributed by atoms with Gasteiger partial charge >= 0.3 is 0 Å². The summed E-state index contributed by atoms with van der Waals surface area (Å²) in [5.41, 5.74) is 1.17. The van der Waals surface area contributed by atoms with Crippen molar-refractivity contribution >= 4 is 0 Å². The highest BCUT2D eigenvalue weighted by Gasteiger charge is 2.09. The number of hydrogen-bond donors (Lipinski definition) is 1. The lowest BCUT2D eigenvalue weighted by Crippen LogP contribution is -2.06. The molecule has 0 aliphatic carbocycles. The van der Waals surface area contributed by atoms with Gasteiger partial charge < -0.3 is 9.67 Å². The predicted molar refractivity (Wildman–Crippen MR) is 56.2 cm³/mol. The van der Waals surface area contributed by atoms with Crippen LogP contribution in [0, 0.1) is 0 Å². The van der Waals surface area contributed by atoms with Crippen LogP contribution in [0.5, 0.6) is 0 Å². The maximum Gasteiger partial charge on any atom is 0.161 e. The van der Waals surface area contributed by atoms with Crippen LogP contribution in [0.4, 0.5) is 0 Å². The summed E-state index contributed by atoms with van der Waals surface area (Å²) in [5, 5.41) is 17.1. The Bertz CT molecular complexity index is 422. The van der Waals surface area contributed by atoms with Crippen LogP contribution in [0.1, 0.15) is 24.4 Å². The van der Waals surface area contributed by atoms with Gasteiger partial charge in [-0.05, 0) is 12.5 Å². The molecule has 0 radical (unpaired) electrons. The minimum Gasteiger partial charge on any atom is -0.385 e. The number of aliphatic hydroxyl groups excluding tert-OH is 1. The predicted octanol–water partition coefficient (Wildman–Crippen LogP) is 1.38. The molecule has 0 saturated heterocycles. The Morgan fingerprint density at radius 1 is 1.33 bits per heavy atom. The molecule has 1 unspecified atom stereocenters. The number of hydrogen-bond acceptors (Lipinski definition) is 3. The highest BCUT2D eigenvalue weighted by atomic mass is 16.3. The van der Waals surface area contributed by atoms with Crippen LogP contribution >= 0.6 is 0 Å². The van der Waals surface area contributed by atoms with Gasteiger partial charge in [-0.15, -0.1) is 10.2 Å². The molecule has 0 fully saturated rings. The first kappa shape index (κ1) is 9.86. The van der Waals surface area contributed by atoms with Gasteiger partial charge in [0.1, 0.15) is 12.4 Å². The molecule has 2 rings (SSSR count). The highest BCUT2D eigenvalue weighted by Crippen LogP contribution is 2.10. The largest absolute Gasteiger partial charge is 0.385 e. The van der Waals surface area contributed by atoms with E-state index in [9.17, 15) is 5.11 Å². The molecule has 78 valence electrons. The van der Waals surface area contributed by atoms with Crippen LogP contribution in [-0.2, 0) is 6.54 Å². The molecule has 4 heteroatoms. The normalized spacial score (nSPS) is 12.7. The van der Waals surface area contributed by atoms with Crippen LogP contribution in [-0.4, -0.2) is 19.9 Å². The van der Waals surface area contributed by atoms with Crippen molar-refractivity contribution in [3.05, 3.63) is 48.0 Å². The summed E-state index contributed by atoms with van der Waals surface area (Å²) < 4.78 is 1.85. The molecule has 15 heavy (non-hydrogen) atoms.